The van der Waals surface area contributed by atoms with Gasteiger partial charge < -0.3 is 20.0 Å². The summed E-state index contributed by atoms with van der Waals surface area (Å²) in [4.78, 5) is 6.96. The smallest absolute Gasteiger partial charge is 0.0576 e. The molecule has 0 aromatic heterocycles. The molecule has 2 rings (SSSR count). The zero-order valence-electron chi connectivity index (χ0n) is 21.4. The van der Waals surface area contributed by atoms with Gasteiger partial charge in [-0.25, -0.2) is 0 Å². The molecule has 178 valence electrons. The van der Waals surface area contributed by atoms with Gasteiger partial charge in [-0.1, -0.05) is 51.0 Å². The van der Waals surface area contributed by atoms with Crippen LogP contribution in [0.4, 0.5) is 11.4 Å². The Labute approximate surface area is 197 Å². The Hall–Kier alpha value is -2.04. The highest BCUT2D eigenvalue weighted by atomic mass is 15.1. The van der Waals surface area contributed by atoms with Crippen molar-refractivity contribution < 1.29 is 0 Å². The lowest BCUT2D eigenvalue weighted by atomic mass is 9.97. The third kappa shape index (κ3) is 8.48. The molecule has 0 amide bonds. The average molecular weight is 439 g/mol. The first-order valence-electron chi connectivity index (χ1n) is 12.5. The third-order valence-electron chi connectivity index (χ3n) is 6.14. The van der Waals surface area contributed by atoms with Crippen LogP contribution in [0.25, 0.3) is 0 Å². The number of hydrogen-bond acceptors (Lipinski definition) is 4. The molecule has 0 spiro atoms. The molecule has 2 aromatic rings. The Bertz CT molecular complexity index is 678. The SMILES string of the molecule is CCCCN(CCCC)CCCNC(c1ccc(N(C)C)cc1)c1ccc(N(C)C)cc1. The Morgan fingerprint density at radius 3 is 1.41 bits per heavy atom. The first kappa shape index (κ1) is 26.2. The van der Waals surface area contributed by atoms with E-state index in [1.807, 2.05) is 0 Å². The molecule has 0 saturated carbocycles. The normalized spacial score (nSPS) is 11.4. The predicted molar refractivity (Wildman–Crippen MR) is 142 cm³/mol. The summed E-state index contributed by atoms with van der Waals surface area (Å²) in [6, 6.07) is 18.1. The van der Waals surface area contributed by atoms with Crippen LogP contribution in [0.2, 0.25) is 0 Å². The molecule has 0 aliphatic rings. The molecule has 1 N–H and O–H groups in total. The van der Waals surface area contributed by atoms with Gasteiger partial charge in [-0.05, 0) is 80.8 Å². The molecule has 0 fully saturated rings. The minimum absolute atomic E-state index is 0.210. The van der Waals surface area contributed by atoms with Gasteiger partial charge in [0.05, 0.1) is 6.04 Å². The summed E-state index contributed by atoms with van der Waals surface area (Å²) in [5, 5.41) is 3.86. The number of unbranched alkanes of at least 4 members (excludes halogenated alkanes) is 2. The summed E-state index contributed by atoms with van der Waals surface area (Å²) in [6.07, 6.45) is 6.32. The average Bonchev–Trinajstić information content (AvgIpc) is 2.80. The van der Waals surface area contributed by atoms with Crippen LogP contribution in [0.5, 0.6) is 0 Å². The molecule has 0 saturated heterocycles. The van der Waals surface area contributed by atoms with Gasteiger partial charge in [0.1, 0.15) is 0 Å². The maximum atomic E-state index is 3.86. The van der Waals surface area contributed by atoms with E-state index in [0.29, 0.717) is 0 Å². The van der Waals surface area contributed by atoms with E-state index in [9.17, 15) is 0 Å². The predicted octanol–water partition coefficient (Wildman–Crippen LogP) is 5.79. The molecule has 0 radical (unpaired) electrons. The Morgan fingerprint density at radius 1 is 0.625 bits per heavy atom. The molecule has 0 bridgehead atoms. The van der Waals surface area contributed by atoms with E-state index >= 15 is 0 Å². The van der Waals surface area contributed by atoms with Crippen molar-refractivity contribution in [3.63, 3.8) is 0 Å². The number of rotatable bonds is 15. The topological polar surface area (TPSA) is 21.8 Å². The van der Waals surface area contributed by atoms with Crippen LogP contribution in [0.15, 0.2) is 48.5 Å². The zero-order valence-corrected chi connectivity index (χ0v) is 21.4. The summed E-state index contributed by atoms with van der Waals surface area (Å²) in [5.74, 6) is 0. The van der Waals surface area contributed by atoms with Crippen LogP contribution in [0, 0.1) is 0 Å². The fourth-order valence-electron chi connectivity index (χ4n) is 4.01. The van der Waals surface area contributed by atoms with Gasteiger partial charge in [0, 0.05) is 39.6 Å². The molecule has 2 aromatic carbocycles. The second-order valence-corrected chi connectivity index (χ2v) is 9.26. The third-order valence-corrected chi connectivity index (χ3v) is 6.14. The van der Waals surface area contributed by atoms with Crippen molar-refractivity contribution in [3.05, 3.63) is 59.7 Å². The van der Waals surface area contributed by atoms with E-state index in [2.05, 4.69) is 111 Å². The number of anilines is 2. The number of nitrogens with zero attached hydrogens (tertiary/aromatic N) is 3. The fourth-order valence-corrected chi connectivity index (χ4v) is 4.01. The molecule has 4 heteroatoms. The highest BCUT2D eigenvalue weighted by molar-refractivity contribution is 5.50. The van der Waals surface area contributed by atoms with Gasteiger partial charge in [0.15, 0.2) is 0 Å². The molecule has 0 atom stereocenters. The van der Waals surface area contributed by atoms with Crippen molar-refractivity contribution in [1.29, 1.82) is 0 Å². The summed E-state index contributed by atoms with van der Waals surface area (Å²) in [6.45, 7) is 9.24. The minimum atomic E-state index is 0.210. The largest absolute Gasteiger partial charge is 0.378 e. The number of benzene rings is 2. The van der Waals surface area contributed by atoms with Crippen molar-refractivity contribution in [3.8, 4) is 0 Å². The molecule has 0 unspecified atom stereocenters. The van der Waals surface area contributed by atoms with Gasteiger partial charge in [-0.3, -0.25) is 0 Å². The Balaban J connectivity index is 2.07. The van der Waals surface area contributed by atoms with Gasteiger partial charge in [-0.2, -0.15) is 0 Å². The number of nitrogens with one attached hydrogen (secondary N) is 1. The monoisotopic (exact) mass is 438 g/mol. The Kier molecular flexibility index (Phi) is 11.6. The van der Waals surface area contributed by atoms with Crippen LogP contribution >= 0.6 is 0 Å². The second kappa shape index (κ2) is 14.2. The maximum Gasteiger partial charge on any atom is 0.0576 e. The molecular weight excluding hydrogens is 392 g/mol. The summed E-state index contributed by atoms with van der Waals surface area (Å²) in [5.41, 5.74) is 5.11. The van der Waals surface area contributed by atoms with Gasteiger partial charge in [-0.15, -0.1) is 0 Å². The van der Waals surface area contributed by atoms with E-state index in [1.54, 1.807) is 0 Å². The lowest BCUT2D eigenvalue weighted by Gasteiger charge is -2.24. The first-order valence-corrected chi connectivity index (χ1v) is 12.5. The van der Waals surface area contributed by atoms with E-state index in [0.717, 1.165) is 6.54 Å². The molecule has 0 aliphatic heterocycles. The Morgan fingerprint density at radius 2 is 1.03 bits per heavy atom. The quantitative estimate of drug-likeness (QED) is 0.355. The summed E-state index contributed by atoms with van der Waals surface area (Å²) >= 11 is 0. The van der Waals surface area contributed by atoms with Crippen molar-refractivity contribution >= 4 is 11.4 Å². The van der Waals surface area contributed by atoms with Crippen molar-refractivity contribution in [2.45, 2.75) is 52.0 Å². The van der Waals surface area contributed by atoms with Crippen molar-refractivity contribution in [2.75, 3.05) is 64.2 Å². The van der Waals surface area contributed by atoms with E-state index < -0.39 is 0 Å². The van der Waals surface area contributed by atoms with Crippen molar-refractivity contribution in [1.82, 2.24) is 10.2 Å². The molecule has 4 nitrogen and oxygen atoms in total. The maximum absolute atomic E-state index is 3.86. The number of hydrogen-bond donors (Lipinski definition) is 1. The van der Waals surface area contributed by atoms with E-state index in [1.165, 1.54) is 74.2 Å². The van der Waals surface area contributed by atoms with E-state index in [-0.39, 0.29) is 6.04 Å². The van der Waals surface area contributed by atoms with Crippen molar-refractivity contribution in [2.24, 2.45) is 0 Å². The van der Waals surface area contributed by atoms with Gasteiger partial charge >= 0.3 is 0 Å². The van der Waals surface area contributed by atoms with Crippen LogP contribution in [0.3, 0.4) is 0 Å². The highest BCUT2D eigenvalue weighted by Gasteiger charge is 2.14. The molecular formula is C28H46N4. The van der Waals surface area contributed by atoms with Crippen LogP contribution in [0.1, 0.15) is 63.1 Å². The minimum Gasteiger partial charge on any atom is -0.378 e. The highest BCUT2D eigenvalue weighted by Crippen LogP contribution is 2.26. The van der Waals surface area contributed by atoms with E-state index in [4.69, 9.17) is 0 Å². The first-order chi connectivity index (χ1) is 15.5. The second-order valence-electron chi connectivity index (χ2n) is 9.26. The van der Waals surface area contributed by atoms with Gasteiger partial charge in [0.2, 0.25) is 0 Å². The lowest BCUT2D eigenvalue weighted by molar-refractivity contribution is 0.260. The zero-order chi connectivity index (χ0) is 23.3. The summed E-state index contributed by atoms with van der Waals surface area (Å²) < 4.78 is 0. The standard InChI is InChI=1S/C28H46N4/c1-7-9-21-32(22-10-8-2)23-11-20-29-28(24-12-16-26(17-13-24)30(3)4)25-14-18-27(19-15-25)31(5)6/h12-19,28-29H,7-11,20-23H2,1-6H3. The lowest BCUT2D eigenvalue weighted by Crippen LogP contribution is -2.31. The van der Waals surface area contributed by atoms with Crippen LogP contribution in [-0.2, 0) is 0 Å². The van der Waals surface area contributed by atoms with Gasteiger partial charge in [0.25, 0.3) is 0 Å². The molecule has 0 heterocycles. The van der Waals surface area contributed by atoms with Crippen LogP contribution in [-0.4, -0.2) is 59.3 Å². The molecule has 32 heavy (non-hydrogen) atoms. The van der Waals surface area contributed by atoms with Crippen LogP contribution < -0.4 is 15.1 Å². The summed E-state index contributed by atoms with van der Waals surface area (Å²) in [7, 11) is 8.36. The fraction of sp³-hybridized carbons (Fsp3) is 0.571. The molecule has 0 aliphatic carbocycles.